The number of benzene rings is 2. The molecule has 26 heavy (non-hydrogen) atoms. The van der Waals surface area contributed by atoms with Crippen LogP contribution in [-0.2, 0) is 16.0 Å². The van der Waals surface area contributed by atoms with Crippen LogP contribution in [0.3, 0.4) is 0 Å². The third kappa shape index (κ3) is 6.84. The zero-order chi connectivity index (χ0) is 18.8. The fourth-order valence-corrected chi connectivity index (χ4v) is 2.38. The molecular formula is C20H23NO5. The Hall–Kier alpha value is -3.02. The minimum absolute atomic E-state index is 0.0698. The first-order chi connectivity index (χ1) is 12.6. The molecule has 0 saturated heterocycles. The molecule has 6 nitrogen and oxygen atoms in total. The van der Waals surface area contributed by atoms with Crippen LogP contribution in [0.2, 0.25) is 0 Å². The van der Waals surface area contributed by atoms with Crippen LogP contribution in [0.1, 0.15) is 25.3 Å². The molecule has 6 heteroatoms. The van der Waals surface area contributed by atoms with Gasteiger partial charge in [0.05, 0.1) is 19.6 Å². The first-order valence-electron chi connectivity index (χ1n) is 8.53. The molecule has 0 bridgehead atoms. The fourth-order valence-electron chi connectivity index (χ4n) is 2.38. The molecule has 2 aromatic rings. The van der Waals surface area contributed by atoms with Crippen molar-refractivity contribution < 1.29 is 24.2 Å². The topological polar surface area (TPSA) is 84.9 Å². The van der Waals surface area contributed by atoms with Crippen LogP contribution in [-0.4, -0.2) is 30.2 Å². The van der Waals surface area contributed by atoms with Crippen LogP contribution >= 0.6 is 0 Å². The highest BCUT2D eigenvalue weighted by molar-refractivity contribution is 5.90. The highest BCUT2D eigenvalue weighted by atomic mass is 16.5. The van der Waals surface area contributed by atoms with Crippen molar-refractivity contribution in [2.45, 2.75) is 26.2 Å². The molecule has 1 amide bonds. The number of hydrogen-bond acceptors (Lipinski definition) is 4. The van der Waals surface area contributed by atoms with Crippen molar-refractivity contribution in [1.82, 2.24) is 0 Å². The summed E-state index contributed by atoms with van der Waals surface area (Å²) in [6.07, 6.45) is 0.827. The number of carboxylic acids is 1. The summed E-state index contributed by atoms with van der Waals surface area (Å²) in [6, 6.07) is 14.2. The van der Waals surface area contributed by atoms with Crippen molar-refractivity contribution >= 4 is 17.6 Å². The van der Waals surface area contributed by atoms with Gasteiger partial charge in [0.2, 0.25) is 5.91 Å². The second kappa shape index (κ2) is 10.1. The van der Waals surface area contributed by atoms with Crippen molar-refractivity contribution in [3.63, 3.8) is 0 Å². The zero-order valence-electron chi connectivity index (χ0n) is 14.7. The van der Waals surface area contributed by atoms with Crippen molar-refractivity contribution in [3.05, 3.63) is 54.1 Å². The molecule has 2 rings (SSSR count). The molecule has 0 heterocycles. The van der Waals surface area contributed by atoms with E-state index in [1.165, 1.54) is 0 Å². The molecule has 2 aromatic carbocycles. The van der Waals surface area contributed by atoms with E-state index < -0.39 is 5.97 Å². The summed E-state index contributed by atoms with van der Waals surface area (Å²) in [5, 5.41) is 11.6. The number of carbonyl (C=O) groups excluding carboxylic acids is 1. The number of rotatable bonds is 10. The first-order valence-corrected chi connectivity index (χ1v) is 8.53. The summed E-state index contributed by atoms with van der Waals surface area (Å²) < 4.78 is 11.0. The maximum Gasteiger partial charge on any atom is 0.307 e. The van der Waals surface area contributed by atoms with Crippen molar-refractivity contribution in [2.24, 2.45) is 0 Å². The molecule has 0 fully saturated rings. The van der Waals surface area contributed by atoms with Gasteiger partial charge in [0, 0.05) is 12.1 Å². The lowest BCUT2D eigenvalue weighted by Crippen LogP contribution is -2.13. The average molecular weight is 357 g/mol. The molecule has 0 unspecified atom stereocenters. The summed E-state index contributed by atoms with van der Waals surface area (Å²) in [7, 11) is 0. The fraction of sp³-hybridized carbons (Fsp3) is 0.300. The summed E-state index contributed by atoms with van der Waals surface area (Å²) in [6.45, 7) is 2.98. The number of hydrogen-bond donors (Lipinski definition) is 2. The lowest BCUT2D eigenvalue weighted by atomic mass is 10.1. The second-order valence-corrected chi connectivity index (χ2v) is 5.68. The van der Waals surface area contributed by atoms with Crippen molar-refractivity contribution in [3.8, 4) is 11.5 Å². The number of ether oxygens (including phenoxy) is 2. The third-order valence-corrected chi connectivity index (χ3v) is 3.52. The maximum atomic E-state index is 12.0. The van der Waals surface area contributed by atoms with Crippen LogP contribution in [0.5, 0.6) is 11.5 Å². The van der Waals surface area contributed by atoms with E-state index in [9.17, 15) is 9.59 Å². The van der Waals surface area contributed by atoms with E-state index in [1.807, 2.05) is 31.2 Å². The Bertz CT molecular complexity index is 727. The molecule has 0 saturated carbocycles. The predicted octanol–water partition coefficient (Wildman–Crippen LogP) is 3.51. The van der Waals surface area contributed by atoms with Gasteiger partial charge in [-0.1, -0.05) is 12.1 Å². The van der Waals surface area contributed by atoms with Gasteiger partial charge < -0.3 is 19.9 Å². The lowest BCUT2D eigenvalue weighted by Gasteiger charge is -2.09. The monoisotopic (exact) mass is 357 g/mol. The van der Waals surface area contributed by atoms with Gasteiger partial charge in [-0.2, -0.15) is 0 Å². The van der Waals surface area contributed by atoms with Crippen LogP contribution in [0.4, 0.5) is 5.69 Å². The highest BCUT2D eigenvalue weighted by Crippen LogP contribution is 2.18. The van der Waals surface area contributed by atoms with E-state index in [2.05, 4.69) is 5.32 Å². The maximum absolute atomic E-state index is 12.0. The second-order valence-electron chi connectivity index (χ2n) is 5.68. The molecule has 0 radical (unpaired) electrons. The largest absolute Gasteiger partial charge is 0.494 e. The SMILES string of the molecule is CCOc1ccc(OCCCC(=O)Nc2cccc(CC(=O)O)c2)cc1. The standard InChI is InChI=1S/C20H23NO5/c1-2-25-17-8-10-18(11-9-17)26-12-4-7-19(22)21-16-6-3-5-15(13-16)14-20(23)24/h3,5-6,8-11,13H,2,4,7,12,14H2,1H3,(H,21,22)(H,23,24). The molecule has 0 atom stereocenters. The van der Waals surface area contributed by atoms with E-state index in [0.717, 1.165) is 11.5 Å². The minimum Gasteiger partial charge on any atom is -0.494 e. The molecule has 0 aliphatic heterocycles. The van der Waals surface area contributed by atoms with E-state index in [-0.39, 0.29) is 12.3 Å². The van der Waals surface area contributed by atoms with Gasteiger partial charge >= 0.3 is 5.97 Å². The van der Waals surface area contributed by atoms with E-state index >= 15 is 0 Å². The van der Waals surface area contributed by atoms with Gasteiger partial charge in [0.15, 0.2) is 0 Å². The molecule has 0 aromatic heterocycles. The van der Waals surface area contributed by atoms with Crippen LogP contribution in [0.15, 0.2) is 48.5 Å². The number of carbonyl (C=O) groups is 2. The number of amides is 1. The lowest BCUT2D eigenvalue weighted by molar-refractivity contribution is -0.136. The number of anilines is 1. The number of aliphatic carboxylic acids is 1. The molecule has 0 aliphatic carbocycles. The Balaban J connectivity index is 1.71. The van der Waals surface area contributed by atoms with Gasteiger partial charge in [-0.25, -0.2) is 0 Å². The normalized spacial score (nSPS) is 10.2. The smallest absolute Gasteiger partial charge is 0.307 e. The Kier molecular flexibility index (Phi) is 7.49. The summed E-state index contributed by atoms with van der Waals surface area (Å²) >= 11 is 0. The number of nitrogens with one attached hydrogen (secondary N) is 1. The van der Waals surface area contributed by atoms with E-state index in [4.69, 9.17) is 14.6 Å². The van der Waals surface area contributed by atoms with E-state index in [0.29, 0.717) is 37.3 Å². The average Bonchev–Trinajstić information content (AvgIpc) is 2.60. The quantitative estimate of drug-likeness (QED) is 0.636. The Morgan fingerprint density at radius 3 is 2.38 bits per heavy atom. The van der Waals surface area contributed by atoms with Crippen molar-refractivity contribution in [1.29, 1.82) is 0 Å². The van der Waals surface area contributed by atoms with Gasteiger partial charge in [-0.3, -0.25) is 9.59 Å². The van der Waals surface area contributed by atoms with Crippen LogP contribution < -0.4 is 14.8 Å². The molecular weight excluding hydrogens is 334 g/mol. The van der Waals surface area contributed by atoms with E-state index in [1.54, 1.807) is 24.3 Å². The van der Waals surface area contributed by atoms with Gasteiger partial charge in [-0.15, -0.1) is 0 Å². The Labute approximate surface area is 152 Å². The molecule has 0 spiro atoms. The minimum atomic E-state index is -0.903. The van der Waals surface area contributed by atoms with Gasteiger partial charge in [0.1, 0.15) is 11.5 Å². The number of carboxylic acid groups (broad SMARTS) is 1. The Morgan fingerprint density at radius 1 is 1.04 bits per heavy atom. The van der Waals surface area contributed by atoms with Gasteiger partial charge in [0.25, 0.3) is 0 Å². The molecule has 138 valence electrons. The Morgan fingerprint density at radius 2 is 1.73 bits per heavy atom. The zero-order valence-corrected chi connectivity index (χ0v) is 14.7. The summed E-state index contributed by atoms with van der Waals surface area (Å²) in [4.78, 5) is 22.7. The van der Waals surface area contributed by atoms with Gasteiger partial charge in [-0.05, 0) is 55.3 Å². The molecule has 2 N–H and O–H groups in total. The van der Waals surface area contributed by atoms with Crippen LogP contribution in [0.25, 0.3) is 0 Å². The highest BCUT2D eigenvalue weighted by Gasteiger charge is 2.05. The van der Waals surface area contributed by atoms with Crippen LogP contribution in [0, 0.1) is 0 Å². The predicted molar refractivity (Wildman–Crippen MR) is 98.8 cm³/mol. The third-order valence-electron chi connectivity index (χ3n) is 3.52. The van der Waals surface area contributed by atoms with Crippen molar-refractivity contribution in [2.75, 3.05) is 18.5 Å². The summed E-state index contributed by atoms with van der Waals surface area (Å²) in [5.74, 6) is 0.493. The first kappa shape index (κ1) is 19.3. The summed E-state index contributed by atoms with van der Waals surface area (Å²) in [5.41, 5.74) is 1.25. The molecule has 0 aliphatic rings.